The maximum Gasteiger partial charge on any atom is 0.325 e. The van der Waals surface area contributed by atoms with Crippen molar-refractivity contribution in [1.82, 2.24) is 15.5 Å². The topological polar surface area (TPSA) is 78.5 Å². The fourth-order valence-electron chi connectivity index (χ4n) is 5.06. The Morgan fingerprint density at radius 2 is 1.81 bits per heavy atom. The van der Waals surface area contributed by atoms with Gasteiger partial charge in [0, 0.05) is 6.04 Å². The van der Waals surface area contributed by atoms with Crippen LogP contribution in [0.3, 0.4) is 0 Å². The van der Waals surface area contributed by atoms with Crippen LogP contribution in [0.5, 0.6) is 0 Å². The van der Waals surface area contributed by atoms with Gasteiger partial charge in [0.15, 0.2) is 0 Å². The first kappa shape index (κ1) is 20.2. The molecule has 1 heterocycles. The summed E-state index contributed by atoms with van der Waals surface area (Å²) < 4.78 is 0. The van der Waals surface area contributed by atoms with Gasteiger partial charge in [-0.05, 0) is 56.8 Å². The molecular formula is C21H35N3O3. The SMILES string of the molecule is CCC(C)(C)C1CCC(NC(=O)C(C)N2C(=O)NC3(CCCC3)C2=O)CC1. The molecule has 4 amide bonds. The second kappa shape index (κ2) is 7.44. The minimum absolute atomic E-state index is 0.144. The van der Waals surface area contributed by atoms with Gasteiger partial charge in [-0.1, -0.05) is 40.0 Å². The quantitative estimate of drug-likeness (QED) is 0.721. The van der Waals surface area contributed by atoms with E-state index in [1.165, 1.54) is 6.42 Å². The van der Waals surface area contributed by atoms with Gasteiger partial charge in [0.25, 0.3) is 5.91 Å². The second-order valence-electron chi connectivity index (χ2n) is 9.47. The molecule has 0 aromatic rings. The van der Waals surface area contributed by atoms with Gasteiger partial charge in [-0.3, -0.25) is 9.59 Å². The summed E-state index contributed by atoms with van der Waals surface area (Å²) in [6, 6.07) is -1.04. The molecule has 3 aliphatic rings. The Kier molecular flexibility index (Phi) is 5.55. The molecule has 0 aromatic carbocycles. The lowest BCUT2D eigenvalue weighted by Crippen LogP contribution is -2.52. The van der Waals surface area contributed by atoms with E-state index in [4.69, 9.17) is 0 Å². The fourth-order valence-corrected chi connectivity index (χ4v) is 5.06. The Balaban J connectivity index is 1.56. The molecule has 3 rings (SSSR count). The summed E-state index contributed by atoms with van der Waals surface area (Å²) in [5.74, 6) is 0.258. The first-order valence-electron chi connectivity index (χ1n) is 10.7. The van der Waals surface area contributed by atoms with Gasteiger partial charge in [0.2, 0.25) is 5.91 Å². The van der Waals surface area contributed by atoms with Crippen LogP contribution in [-0.2, 0) is 9.59 Å². The fraction of sp³-hybridized carbons (Fsp3) is 0.857. The number of amides is 4. The van der Waals surface area contributed by atoms with Gasteiger partial charge in [-0.2, -0.15) is 0 Å². The second-order valence-corrected chi connectivity index (χ2v) is 9.47. The lowest BCUT2D eigenvalue weighted by Gasteiger charge is -2.39. The van der Waals surface area contributed by atoms with Gasteiger partial charge < -0.3 is 10.6 Å². The van der Waals surface area contributed by atoms with Gasteiger partial charge >= 0.3 is 6.03 Å². The summed E-state index contributed by atoms with van der Waals surface area (Å²) in [6.45, 7) is 8.56. The molecule has 0 aromatic heterocycles. The summed E-state index contributed by atoms with van der Waals surface area (Å²) in [5, 5.41) is 5.95. The third kappa shape index (κ3) is 3.72. The van der Waals surface area contributed by atoms with E-state index >= 15 is 0 Å². The number of hydrogen-bond donors (Lipinski definition) is 2. The summed E-state index contributed by atoms with van der Waals surface area (Å²) in [5.41, 5.74) is -0.409. The summed E-state index contributed by atoms with van der Waals surface area (Å²) in [6.07, 6.45) is 8.58. The molecule has 1 saturated heterocycles. The molecule has 3 fully saturated rings. The zero-order chi connectivity index (χ0) is 19.8. The van der Waals surface area contributed by atoms with E-state index in [9.17, 15) is 14.4 Å². The van der Waals surface area contributed by atoms with Crippen molar-refractivity contribution in [2.24, 2.45) is 11.3 Å². The highest BCUT2D eigenvalue weighted by Crippen LogP contribution is 2.40. The van der Waals surface area contributed by atoms with Crippen molar-refractivity contribution in [3.63, 3.8) is 0 Å². The van der Waals surface area contributed by atoms with Crippen LogP contribution in [0.15, 0.2) is 0 Å². The number of carbonyl (C=O) groups is 3. The molecule has 2 N–H and O–H groups in total. The third-order valence-corrected chi connectivity index (χ3v) is 7.51. The van der Waals surface area contributed by atoms with Crippen LogP contribution in [0.4, 0.5) is 4.79 Å². The Morgan fingerprint density at radius 1 is 1.22 bits per heavy atom. The normalized spacial score (nSPS) is 29.1. The maximum atomic E-state index is 12.8. The Morgan fingerprint density at radius 3 is 2.37 bits per heavy atom. The van der Waals surface area contributed by atoms with E-state index in [1.807, 2.05) is 0 Å². The van der Waals surface area contributed by atoms with Crippen LogP contribution >= 0.6 is 0 Å². The van der Waals surface area contributed by atoms with Crippen LogP contribution in [0.1, 0.15) is 85.5 Å². The molecule has 1 spiro atoms. The first-order valence-corrected chi connectivity index (χ1v) is 10.7. The smallest absolute Gasteiger partial charge is 0.325 e. The number of hydrogen-bond acceptors (Lipinski definition) is 3. The van der Waals surface area contributed by atoms with Crippen LogP contribution in [0.2, 0.25) is 0 Å². The van der Waals surface area contributed by atoms with Gasteiger partial charge in [-0.25, -0.2) is 9.69 Å². The van der Waals surface area contributed by atoms with E-state index in [1.54, 1.807) is 6.92 Å². The zero-order valence-corrected chi connectivity index (χ0v) is 17.3. The molecule has 6 heteroatoms. The molecular weight excluding hydrogens is 342 g/mol. The standard InChI is InChI=1S/C21H35N3O3/c1-5-20(3,4)15-8-10-16(11-9-15)22-17(25)14(2)24-18(26)21(23-19(24)27)12-6-7-13-21/h14-16H,5-13H2,1-4H3,(H,22,25)(H,23,27). The first-order chi connectivity index (χ1) is 12.7. The Hall–Kier alpha value is -1.59. The molecule has 27 heavy (non-hydrogen) atoms. The number of carbonyl (C=O) groups excluding carboxylic acids is 3. The number of imide groups is 1. The van der Waals surface area contributed by atoms with Crippen LogP contribution in [-0.4, -0.2) is 40.4 Å². The predicted octanol–water partition coefficient (Wildman–Crippen LogP) is 3.35. The molecule has 1 unspecified atom stereocenters. The average Bonchev–Trinajstić information content (AvgIpc) is 3.20. The molecule has 6 nitrogen and oxygen atoms in total. The van der Waals surface area contributed by atoms with E-state index in [-0.39, 0.29) is 17.9 Å². The lowest BCUT2D eigenvalue weighted by molar-refractivity contribution is -0.138. The average molecular weight is 378 g/mol. The summed E-state index contributed by atoms with van der Waals surface area (Å²) >= 11 is 0. The molecule has 2 saturated carbocycles. The van der Waals surface area contributed by atoms with Crippen LogP contribution in [0, 0.1) is 11.3 Å². The van der Waals surface area contributed by atoms with Crippen molar-refractivity contribution < 1.29 is 14.4 Å². The van der Waals surface area contributed by atoms with Gasteiger partial charge in [0.1, 0.15) is 11.6 Å². The van der Waals surface area contributed by atoms with Crippen molar-refractivity contribution >= 4 is 17.8 Å². The van der Waals surface area contributed by atoms with Crippen molar-refractivity contribution in [1.29, 1.82) is 0 Å². The van der Waals surface area contributed by atoms with Crippen molar-refractivity contribution in [2.45, 2.75) is 103 Å². The van der Waals surface area contributed by atoms with Gasteiger partial charge in [0.05, 0.1) is 0 Å². The molecule has 1 atom stereocenters. The molecule has 0 radical (unpaired) electrons. The van der Waals surface area contributed by atoms with E-state index in [0.29, 0.717) is 24.2 Å². The number of nitrogens with zero attached hydrogens (tertiary/aromatic N) is 1. The maximum absolute atomic E-state index is 12.8. The number of urea groups is 1. The number of rotatable bonds is 5. The minimum Gasteiger partial charge on any atom is -0.352 e. The van der Waals surface area contributed by atoms with Crippen LogP contribution in [0.25, 0.3) is 0 Å². The van der Waals surface area contributed by atoms with Crippen molar-refractivity contribution in [3.8, 4) is 0 Å². The molecule has 0 bridgehead atoms. The minimum atomic E-state index is -0.762. The Bertz CT molecular complexity index is 602. The Labute approximate surface area is 162 Å². The monoisotopic (exact) mass is 377 g/mol. The van der Waals surface area contributed by atoms with E-state index < -0.39 is 17.6 Å². The van der Waals surface area contributed by atoms with Gasteiger partial charge in [-0.15, -0.1) is 0 Å². The number of nitrogens with one attached hydrogen (secondary N) is 2. The van der Waals surface area contributed by atoms with E-state index in [0.717, 1.165) is 43.4 Å². The van der Waals surface area contributed by atoms with E-state index in [2.05, 4.69) is 31.4 Å². The lowest BCUT2D eigenvalue weighted by atomic mass is 9.69. The summed E-state index contributed by atoms with van der Waals surface area (Å²) in [7, 11) is 0. The molecule has 152 valence electrons. The van der Waals surface area contributed by atoms with Crippen molar-refractivity contribution in [2.75, 3.05) is 0 Å². The largest absolute Gasteiger partial charge is 0.352 e. The summed E-state index contributed by atoms with van der Waals surface area (Å²) in [4.78, 5) is 39.1. The zero-order valence-electron chi connectivity index (χ0n) is 17.3. The highest BCUT2D eigenvalue weighted by atomic mass is 16.2. The highest BCUT2D eigenvalue weighted by molar-refractivity contribution is 6.09. The highest BCUT2D eigenvalue weighted by Gasteiger charge is 2.54. The molecule has 2 aliphatic carbocycles. The molecule has 1 aliphatic heterocycles. The predicted molar refractivity (Wildman–Crippen MR) is 104 cm³/mol. The van der Waals surface area contributed by atoms with Crippen LogP contribution < -0.4 is 10.6 Å². The van der Waals surface area contributed by atoms with Crippen molar-refractivity contribution in [3.05, 3.63) is 0 Å². The third-order valence-electron chi connectivity index (χ3n) is 7.51.